The van der Waals surface area contributed by atoms with Crippen molar-refractivity contribution in [2.75, 3.05) is 9.80 Å². The van der Waals surface area contributed by atoms with Crippen LogP contribution in [0, 0.1) is 0 Å². The van der Waals surface area contributed by atoms with Gasteiger partial charge in [-0.05, 0) is 99.3 Å². The second-order valence-corrected chi connectivity index (χ2v) is 16.0. The molecule has 10 aromatic rings. The van der Waals surface area contributed by atoms with Crippen molar-refractivity contribution in [3.05, 3.63) is 175 Å². The van der Waals surface area contributed by atoms with Crippen LogP contribution in [0.3, 0.4) is 0 Å². The fourth-order valence-electron chi connectivity index (χ4n) is 10.4. The highest BCUT2D eigenvalue weighted by molar-refractivity contribution is 7.00. The van der Waals surface area contributed by atoms with E-state index in [2.05, 4.69) is 181 Å². The highest BCUT2D eigenvalue weighted by atomic mass is 16.3. The van der Waals surface area contributed by atoms with Crippen LogP contribution in [-0.2, 0) is 5.41 Å². The van der Waals surface area contributed by atoms with Crippen molar-refractivity contribution in [2.24, 2.45) is 0 Å². The Labute approximate surface area is 323 Å². The quantitative estimate of drug-likeness (QED) is 0.167. The SMILES string of the molecule is CC1(C)c2ccccc2-c2cc3c(cc21)oc1c(N2c4ccccc4B4c5ccccc5N(c5cccc6oc7ccccc7c56)c5cccc2c54)cccc13. The highest BCUT2D eigenvalue weighted by Crippen LogP contribution is 2.52. The first kappa shape index (κ1) is 30.4. The number of para-hydroxylation sites is 4. The van der Waals surface area contributed by atoms with Gasteiger partial charge in [-0.15, -0.1) is 0 Å². The van der Waals surface area contributed by atoms with Gasteiger partial charge in [0.25, 0.3) is 6.71 Å². The Morgan fingerprint density at radius 2 is 1.02 bits per heavy atom. The van der Waals surface area contributed by atoms with E-state index in [4.69, 9.17) is 8.83 Å². The number of furan rings is 2. The van der Waals surface area contributed by atoms with Gasteiger partial charge in [0, 0.05) is 44.3 Å². The van der Waals surface area contributed by atoms with Gasteiger partial charge in [0.2, 0.25) is 0 Å². The first-order chi connectivity index (χ1) is 27.6. The Balaban J connectivity index is 1.08. The second kappa shape index (κ2) is 10.6. The molecule has 4 heterocycles. The standard InChI is InChI=1S/C51H33BN2O2/c1-51(2)35-17-5-3-14-30(35)33-28-34-31-16-11-25-44(50(31)56-47(34)29-36(33)51)54-40-21-9-7-19-38(40)52-37-18-6-8-20-39(37)53(42-23-12-24-43(54)49(42)52)41-22-13-27-46-48(41)32-15-4-10-26-45(32)55-46/h3-29H,1-2H3. The topological polar surface area (TPSA) is 32.8 Å². The van der Waals surface area contributed by atoms with Crippen LogP contribution in [0.15, 0.2) is 173 Å². The molecule has 0 radical (unpaired) electrons. The van der Waals surface area contributed by atoms with Gasteiger partial charge in [-0.25, -0.2) is 0 Å². The van der Waals surface area contributed by atoms with Crippen molar-refractivity contribution < 1.29 is 8.83 Å². The molecule has 1 aliphatic carbocycles. The molecule has 262 valence electrons. The molecule has 0 fully saturated rings. The molecule has 0 atom stereocenters. The first-order valence-corrected chi connectivity index (χ1v) is 19.5. The number of benzene rings is 8. The average molecular weight is 717 g/mol. The number of hydrogen-bond donors (Lipinski definition) is 0. The summed E-state index contributed by atoms with van der Waals surface area (Å²) in [6.07, 6.45) is 0. The molecule has 0 amide bonds. The van der Waals surface area contributed by atoms with Gasteiger partial charge >= 0.3 is 0 Å². The summed E-state index contributed by atoms with van der Waals surface area (Å²) in [6.45, 7) is 4.70. The van der Waals surface area contributed by atoms with E-state index in [9.17, 15) is 0 Å². The van der Waals surface area contributed by atoms with Gasteiger partial charge < -0.3 is 18.6 Å². The number of fused-ring (bicyclic) bond motifs is 13. The van der Waals surface area contributed by atoms with Crippen LogP contribution in [-0.4, -0.2) is 6.71 Å². The molecule has 56 heavy (non-hydrogen) atoms. The van der Waals surface area contributed by atoms with Gasteiger partial charge in [0.15, 0.2) is 5.58 Å². The Hall–Kier alpha value is -6.98. The molecular formula is C51H33BN2O2. The Morgan fingerprint density at radius 1 is 0.429 bits per heavy atom. The third kappa shape index (κ3) is 3.75. The largest absolute Gasteiger partial charge is 0.456 e. The summed E-state index contributed by atoms with van der Waals surface area (Å²) in [7, 11) is 0. The van der Waals surface area contributed by atoms with Crippen LogP contribution in [0.4, 0.5) is 34.1 Å². The summed E-state index contributed by atoms with van der Waals surface area (Å²) >= 11 is 0. The smallest absolute Gasteiger partial charge is 0.252 e. The normalized spacial score (nSPS) is 14.6. The molecule has 8 aromatic carbocycles. The minimum absolute atomic E-state index is 0.0431. The van der Waals surface area contributed by atoms with E-state index in [-0.39, 0.29) is 12.1 Å². The molecule has 3 aliphatic rings. The maximum Gasteiger partial charge on any atom is 0.252 e. The second-order valence-electron chi connectivity index (χ2n) is 16.0. The highest BCUT2D eigenvalue weighted by Gasteiger charge is 2.44. The number of hydrogen-bond acceptors (Lipinski definition) is 4. The fourth-order valence-corrected chi connectivity index (χ4v) is 10.4. The molecule has 2 aromatic heterocycles. The average Bonchev–Trinajstić information content (AvgIpc) is 3.88. The molecule has 2 aliphatic heterocycles. The van der Waals surface area contributed by atoms with Gasteiger partial charge in [-0.2, -0.15) is 0 Å². The summed E-state index contributed by atoms with van der Waals surface area (Å²) in [5.41, 5.74) is 19.4. The minimum Gasteiger partial charge on any atom is -0.456 e. The van der Waals surface area contributed by atoms with E-state index >= 15 is 0 Å². The van der Waals surface area contributed by atoms with Crippen LogP contribution in [0.1, 0.15) is 25.0 Å². The lowest BCUT2D eigenvalue weighted by atomic mass is 9.33. The Bertz CT molecular complexity index is 3330. The Morgan fingerprint density at radius 3 is 1.84 bits per heavy atom. The van der Waals surface area contributed by atoms with Gasteiger partial charge in [-0.1, -0.05) is 117 Å². The van der Waals surface area contributed by atoms with Crippen molar-refractivity contribution in [3.8, 4) is 11.1 Å². The van der Waals surface area contributed by atoms with Gasteiger partial charge in [0.05, 0.1) is 16.8 Å². The van der Waals surface area contributed by atoms with Crippen LogP contribution in [0.25, 0.3) is 55.0 Å². The van der Waals surface area contributed by atoms with Crippen molar-refractivity contribution in [3.63, 3.8) is 0 Å². The fraction of sp³-hybridized carbons (Fsp3) is 0.0588. The van der Waals surface area contributed by atoms with E-state index in [0.29, 0.717) is 0 Å². The van der Waals surface area contributed by atoms with E-state index in [1.54, 1.807) is 0 Å². The third-order valence-electron chi connectivity index (χ3n) is 12.9. The zero-order valence-electron chi connectivity index (χ0n) is 30.9. The van der Waals surface area contributed by atoms with Crippen molar-refractivity contribution in [1.82, 2.24) is 0 Å². The molecule has 0 saturated heterocycles. The van der Waals surface area contributed by atoms with Crippen molar-refractivity contribution in [2.45, 2.75) is 19.3 Å². The van der Waals surface area contributed by atoms with E-state index in [1.807, 2.05) is 6.07 Å². The summed E-state index contributed by atoms with van der Waals surface area (Å²) < 4.78 is 13.5. The van der Waals surface area contributed by atoms with Crippen LogP contribution in [0.2, 0.25) is 0 Å². The monoisotopic (exact) mass is 716 g/mol. The summed E-state index contributed by atoms with van der Waals surface area (Å²) in [6, 6.07) is 59.6. The zero-order valence-corrected chi connectivity index (χ0v) is 30.9. The molecule has 0 saturated carbocycles. The molecule has 4 nitrogen and oxygen atoms in total. The lowest BCUT2D eigenvalue weighted by Crippen LogP contribution is -2.61. The van der Waals surface area contributed by atoms with Crippen LogP contribution >= 0.6 is 0 Å². The van der Waals surface area contributed by atoms with E-state index < -0.39 is 0 Å². The summed E-state index contributed by atoms with van der Waals surface area (Å²) in [4.78, 5) is 4.91. The summed E-state index contributed by atoms with van der Waals surface area (Å²) in [5, 5.41) is 4.50. The number of nitrogens with zero attached hydrogens (tertiary/aromatic N) is 2. The predicted octanol–water partition coefficient (Wildman–Crippen LogP) is 11.9. The van der Waals surface area contributed by atoms with Crippen molar-refractivity contribution in [1.29, 1.82) is 0 Å². The zero-order chi connectivity index (χ0) is 36.9. The molecule has 0 spiro atoms. The lowest BCUT2D eigenvalue weighted by molar-refractivity contribution is 0.647. The van der Waals surface area contributed by atoms with Gasteiger partial charge in [-0.3, -0.25) is 0 Å². The Kier molecular flexibility index (Phi) is 5.76. The van der Waals surface area contributed by atoms with Gasteiger partial charge in [0.1, 0.15) is 16.7 Å². The molecule has 5 heteroatoms. The lowest BCUT2D eigenvalue weighted by Gasteiger charge is -2.44. The maximum absolute atomic E-state index is 7.05. The molecule has 0 N–H and O–H groups in total. The third-order valence-corrected chi connectivity index (χ3v) is 12.9. The van der Waals surface area contributed by atoms with E-state index in [1.165, 1.54) is 50.0 Å². The number of anilines is 6. The predicted molar refractivity (Wildman–Crippen MR) is 233 cm³/mol. The molecular weight excluding hydrogens is 683 g/mol. The molecule has 13 rings (SSSR count). The number of rotatable bonds is 2. The minimum atomic E-state index is -0.110. The summed E-state index contributed by atoms with van der Waals surface area (Å²) in [5.74, 6) is 0. The maximum atomic E-state index is 7.05. The van der Waals surface area contributed by atoms with E-state index in [0.717, 1.165) is 66.6 Å². The van der Waals surface area contributed by atoms with Crippen LogP contribution < -0.4 is 26.2 Å². The van der Waals surface area contributed by atoms with Crippen LogP contribution in [0.5, 0.6) is 0 Å². The molecule has 0 bridgehead atoms. The molecule has 0 unspecified atom stereocenters. The van der Waals surface area contributed by atoms with Crippen molar-refractivity contribution >= 4 is 101 Å². The first-order valence-electron chi connectivity index (χ1n) is 19.5.